The Bertz CT molecular complexity index is 4190. The van der Waals surface area contributed by atoms with E-state index in [1.165, 1.54) is 4.72 Å². The van der Waals surface area contributed by atoms with Crippen LogP contribution in [0.2, 0.25) is 0 Å². The first-order valence-corrected chi connectivity index (χ1v) is 39.8. The lowest BCUT2D eigenvalue weighted by molar-refractivity contribution is -0.375. The molecular weight excluding hydrogens is 1690 g/mol. The normalized spacial score (nSPS) is 39.4. The van der Waals surface area contributed by atoms with E-state index >= 15 is 0 Å². The summed E-state index contributed by atoms with van der Waals surface area (Å²) in [5.74, 6) is -7.39. The fraction of sp³-hybridized carbons (Fsp3) is 0.917. The number of aliphatic hydroxyl groups is 8. The van der Waals surface area contributed by atoms with Crippen LogP contribution in [0.15, 0.2) is 0 Å². The highest BCUT2D eigenvalue weighted by Crippen LogP contribution is 2.40. The Balaban J connectivity index is 1.41. The Labute approximate surface area is 591 Å². The summed E-state index contributed by atoms with van der Waals surface area (Å²) in [5, 5.41) is 121. The van der Waals surface area contributed by atoms with Crippen LogP contribution < -0.4 is 14.2 Å². The molecule has 6 saturated heterocycles. The van der Waals surface area contributed by atoms with Crippen LogP contribution in [-0.4, -0.2) is 395 Å². The zero-order valence-corrected chi connectivity index (χ0v) is 57.9. The summed E-state index contributed by atoms with van der Waals surface area (Å²) in [6, 6.07) is -8.82. The molecule has 30 atom stereocenters. The van der Waals surface area contributed by atoms with E-state index in [0.717, 1.165) is 9.44 Å². The van der Waals surface area contributed by atoms with Crippen molar-refractivity contribution in [2.75, 3.05) is 19.8 Å². The lowest BCUT2D eigenvalue weighted by atomic mass is 9.94. The van der Waals surface area contributed by atoms with Gasteiger partial charge in [0.2, 0.25) is 0 Å². The SMILES string of the molecule is O=C(O)[C@@H]1O[C@@H](O[C@H]2[C@H](O)[C@@H](NS(=O)(=O)O)C(O[C@H]3[C@H](O)[C@@H](OS(=O)(=O)O)[C@H](O[C@H]4[C@H](O)[C@@H](NS(=O)(=O)O)C(O[C@H]5[C@H](O)[C@@H](OS(=O)(=O)O)[C@H](O[C@H]6[C@H](O)[C@@H](NS(=O)(=O)O)C(O)O[C@@H]6COS(=O)(=O)O)O[C@H]5C(=O)O)O[C@@H]4COS(=O)(=O)O)O[C@H]3C(=O)O)O[C@@H]2COS(=O)(=O)O)[C@H](OS(=O)(=O)O)[C@@H](O)[C@@H]1O. The van der Waals surface area contributed by atoms with Crippen LogP contribution in [-0.2, 0) is 185 Å². The van der Waals surface area contributed by atoms with E-state index in [4.69, 9.17) is 52.1 Å². The Morgan fingerprint density at radius 1 is 0.283 bits per heavy atom. The third-order valence-corrected chi connectivity index (χ3v) is 18.9. The molecule has 106 heavy (non-hydrogen) atoms. The van der Waals surface area contributed by atoms with Crippen molar-refractivity contribution in [1.82, 2.24) is 14.2 Å². The topological polar surface area (TPSA) is 956 Å². The van der Waals surface area contributed by atoms with Gasteiger partial charge in [-0.2, -0.15) is 89.9 Å². The van der Waals surface area contributed by atoms with Crippen LogP contribution in [0.5, 0.6) is 0 Å². The maximum Gasteiger partial charge on any atom is 0.397 e. The fourth-order valence-electron chi connectivity index (χ4n) is 10.5. The molecule has 6 rings (SSSR count). The molecule has 620 valence electrons. The largest absolute Gasteiger partial charge is 0.479 e. The van der Waals surface area contributed by atoms with E-state index in [2.05, 4.69) is 25.1 Å². The molecule has 6 heterocycles. The van der Waals surface area contributed by atoms with E-state index in [0.29, 0.717) is 0 Å². The molecule has 0 amide bonds. The highest BCUT2D eigenvalue weighted by molar-refractivity contribution is 7.84. The Kier molecular flexibility index (Phi) is 29.7. The second kappa shape index (κ2) is 34.4. The molecule has 6 aliphatic heterocycles. The predicted octanol–water partition coefficient (Wildman–Crippen LogP) is -16.7. The van der Waals surface area contributed by atoms with Gasteiger partial charge in [-0.25, -0.2) is 39.5 Å². The first-order valence-electron chi connectivity index (χ1n) is 27.3. The molecular formula is C36H59N3O58S9. The van der Waals surface area contributed by atoms with Crippen LogP contribution in [0.1, 0.15) is 0 Å². The van der Waals surface area contributed by atoms with Gasteiger partial charge in [0.05, 0.1) is 19.8 Å². The van der Waals surface area contributed by atoms with Gasteiger partial charge in [0.1, 0.15) is 110 Å². The molecule has 6 fully saturated rings. The maximum atomic E-state index is 13.2. The average molecular weight is 1750 g/mol. The molecule has 0 saturated carbocycles. The number of aliphatic carboxylic acids is 3. The number of carbonyl (C=O) groups is 3. The number of rotatable bonds is 34. The minimum atomic E-state index is -6.35. The highest BCUT2D eigenvalue weighted by atomic mass is 32.3. The number of nitrogens with one attached hydrogen (secondary N) is 3. The average Bonchev–Trinajstić information content (AvgIpc) is 0.763. The summed E-state index contributed by atoms with van der Waals surface area (Å²) in [4.78, 5) is 38.1. The molecule has 0 aromatic carbocycles. The van der Waals surface area contributed by atoms with Crippen LogP contribution in [0, 0.1) is 0 Å². The van der Waals surface area contributed by atoms with Crippen molar-refractivity contribution in [3.63, 3.8) is 0 Å². The van der Waals surface area contributed by atoms with Crippen LogP contribution in [0.3, 0.4) is 0 Å². The first kappa shape index (κ1) is 91.4. The molecule has 70 heteroatoms. The highest BCUT2D eigenvalue weighted by Gasteiger charge is 2.62. The third kappa shape index (κ3) is 25.8. The summed E-state index contributed by atoms with van der Waals surface area (Å²) in [7, 11) is -53.6. The first-order chi connectivity index (χ1) is 47.9. The van der Waals surface area contributed by atoms with Crippen molar-refractivity contribution in [3.05, 3.63) is 0 Å². The summed E-state index contributed by atoms with van der Waals surface area (Å²) in [6.45, 7) is -5.60. The van der Waals surface area contributed by atoms with Gasteiger partial charge in [0, 0.05) is 0 Å². The number of hydrogen-bond donors (Lipinski definition) is 23. The molecule has 0 bridgehead atoms. The van der Waals surface area contributed by atoms with Gasteiger partial charge in [-0.05, 0) is 0 Å². The van der Waals surface area contributed by atoms with Gasteiger partial charge in [-0.3, -0.25) is 41.0 Å². The third-order valence-electron chi connectivity index (χ3n) is 14.5. The molecule has 0 spiro atoms. The van der Waals surface area contributed by atoms with Gasteiger partial charge >= 0.3 is 111 Å². The van der Waals surface area contributed by atoms with Crippen LogP contribution >= 0.6 is 0 Å². The van der Waals surface area contributed by atoms with E-state index in [9.17, 15) is 187 Å². The Morgan fingerprint density at radius 2 is 0.538 bits per heavy atom. The number of hydrogen-bond acceptors (Lipinski definition) is 46. The molecule has 0 radical (unpaired) electrons. The van der Waals surface area contributed by atoms with Gasteiger partial charge in [-0.15, -0.1) is 0 Å². The number of ether oxygens (including phenoxy) is 11. The summed E-state index contributed by atoms with van der Waals surface area (Å²) in [5.41, 5.74) is 0. The molecule has 0 aromatic rings. The van der Waals surface area contributed by atoms with Crippen LogP contribution in [0.4, 0.5) is 0 Å². The molecule has 6 aliphatic rings. The Hall–Kier alpha value is -3.52. The van der Waals surface area contributed by atoms with Crippen molar-refractivity contribution in [2.45, 2.75) is 184 Å². The van der Waals surface area contributed by atoms with Crippen molar-refractivity contribution < 1.29 is 264 Å². The Morgan fingerprint density at radius 3 is 0.811 bits per heavy atom. The second-order valence-corrected chi connectivity index (χ2v) is 31.8. The summed E-state index contributed by atoms with van der Waals surface area (Å²) < 4.78 is 391. The van der Waals surface area contributed by atoms with E-state index < -0.39 is 315 Å². The van der Waals surface area contributed by atoms with E-state index in [1.54, 1.807) is 0 Å². The molecule has 3 unspecified atom stereocenters. The number of aliphatic hydroxyl groups excluding tert-OH is 8. The number of carboxylic acids is 3. The second-order valence-electron chi connectivity index (χ2n) is 21.8. The van der Waals surface area contributed by atoms with E-state index in [-0.39, 0.29) is 0 Å². The van der Waals surface area contributed by atoms with Crippen molar-refractivity contribution in [2.24, 2.45) is 0 Å². The lowest BCUT2D eigenvalue weighted by Crippen LogP contribution is -2.71. The van der Waals surface area contributed by atoms with Gasteiger partial charge in [0.25, 0.3) is 0 Å². The van der Waals surface area contributed by atoms with E-state index in [1.807, 2.05) is 0 Å². The predicted molar refractivity (Wildman–Crippen MR) is 301 cm³/mol. The lowest BCUT2D eigenvalue weighted by Gasteiger charge is -2.50. The monoisotopic (exact) mass is 1750 g/mol. The molecule has 23 N–H and O–H groups in total. The van der Waals surface area contributed by atoms with Crippen molar-refractivity contribution in [3.8, 4) is 0 Å². The van der Waals surface area contributed by atoms with Crippen molar-refractivity contribution >= 4 is 111 Å². The molecule has 0 aromatic heterocycles. The fourth-order valence-corrected chi connectivity index (χ4v) is 14.7. The standard InChI is InChI=1S/C36H59N3O58S9/c40-10-7(37-98(54,55)56)31(53)84-4(1-81-101(63,64)65)17(10)87-35-24(96-105(75,76)77)15(45)20(26(93-35)29(49)50)90-33-9(39-100(60,61)62)12(42)19(6(86-33)3-83-103(69,70)71)89-36-25(97-106(78,79)80)16(46)21(27(94-36)30(51)52)91-32-8(38-99(57,58)59)11(41)18(5(85-32)2-82-102(66,67)68)88-34-23(95-104(72,73)74)14(44)13(43)22(92-34)28(47)48/h4-27,31-46,53H,1-3H2,(H,47,48)(H,49,50)(H,51,52)(H,54,55,56)(H,57,58,59)(H,60,61,62)(H,63,64,65)(H,66,67,68)(H,69,70,71)(H,72,73,74)(H,75,76,77)(H,78,79,80)/t4-,5-,6-,7-,8-,9-,10-,11-,12-,13+,14+,15+,16+,17-,18-,19-,20+,21+,22-,23-,24-,25-,26-,27-,31?,32?,33?,34-,35-,36-/m1/s1. The minimum Gasteiger partial charge on any atom is -0.479 e. The van der Waals surface area contributed by atoms with Crippen LogP contribution in [0.25, 0.3) is 0 Å². The zero-order valence-electron chi connectivity index (χ0n) is 50.6. The van der Waals surface area contributed by atoms with Crippen molar-refractivity contribution in [1.29, 1.82) is 0 Å². The minimum absolute atomic E-state index is 1.11. The smallest absolute Gasteiger partial charge is 0.397 e. The number of carboxylic acid groups (broad SMARTS) is 3. The van der Waals surface area contributed by atoms with Gasteiger partial charge in [0.15, 0.2) is 74.4 Å². The zero-order chi connectivity index (χ0) is 80.8. The van der Waals surface area contributed by atoms with Gasteiger partial charge in [-0.1, -0.05) is 0 Å². The summed E-state index contributed by atoms with van der Waals surface area (Å²) >= 11 is 0. The summed E-state index contributed by atoms with van der Waals surface area (Å²) in [6.07, 6.45) is -82.6. The molecule has 0 aliphatic carbocycles. The maximum absolute atomic E-state index is 13.2. The van der Waals surface area contributed by atoms with Gasteiger partial charge < -0.3 is 108 Å². The quantitative estimate of drug-likeness (QED) is 0.0266. The molecule has 61 nitrogen and oxygen atoms in total.